The van der Waals surface area contributed by atoms with Gasteiger partial charge in [-0.1, -0.05) is 6.07 Å². The average Bonchev–Trinajstić information content (AvgIpc) is 2.68. The van der Waals surface area contributed by atoms with Crippen molar-refractivity contribution < 1.29 is 14.3 Å². The highest BCUT2D eigenvalue weighted by atomic mass is 16.5. The van der Waals surface area contributed by atoms with Crippen molar-refractivity contribution in [3.63, 3.8) is 0 Å². The van der Waals surface area contributed by atoms with Crippen LogP contribution in [0.15, 0.2) is 54.7 Å². The first-order valence-corrected chi connectivity index (χ1v) is 8.77. The molecule has 2 aromatic carbocycles. The highest BCUT2D eigenvalue weighted by molar-refractivity contribution is 6.01. The smallest absolute Gasteiger partial charge is 0.231 e. The summed E-state index contributed by atoms with van der Waals surface area (Å²) in [6.07, 6.45) is 2.38. The Morgan fingerprint density at radius 1 is 1.27 bits per heavy atom. The van der Waals surface area contributed by atoms with E-state index in [0.717, 1.165) is 33.7 Å². The molecule has 1 atom stereocenters. The molecule has 1 aliphatic rings. The maximum absolute atomic E-state index is 12.8. The standard InChI is InChI=1S/C21H20N2O3/c1-2-25-16-8-9-20-14(12-16)11-15(13-26-20)21(24)23-19-7-3-6-18-17(19)5-4-10-22-18/h3-10,12,15H,2,11,13H2,1H3,(H,23,24). The molecule has 1 aliphatic heterocycles. The van der Waals surface area contributed by atoms with Gasteiger partial charge in [0.25, 0.3) is 0 Å². The Kier molecular flexibility index (Phi) is 4.44. The average molecular weight is 348 g/mol. The zero-order valence-electron chi connectivity index (χ0n) is 14.6. The van der Waals surface area contributed by atoms with Gasteiger partial charge in [-0.2, -0.15) is 0 Å². The van der Waals surface area contributed by atoms with Gasteiger partial charge in [-0.25, -0.2) is 0 Å². The van der Waals surface area contributed by atoms with Crippen LogP contribution in [0.5, 0.6) is 11.5 Å². The summed E-state index contributed by atoms with van der Waals surface area (Å²) in [5, 5.41) is 3.96. The van der Waals surface area contributed by atoms with Gasteiger partial charge in [-0.05, 0) is 61.4 Å². The quantitative estimate of drug-likeness (QED) is 0.778. The molecule has 1 unspecified atom stereocenters. The summed E-state index contributed by atoms with van der Waals surface area (Å²) in [7, 11) is 0. The lowest BCUT2D eigenvalue weighted by molar-refractivity contribution is -0.121. The monoisotopic (exact) mass is 348 g/mol. The summed E-state index contributed by atoms with van der Waals surface area (Å²) in [6.45, 7) is 2.93. The van der Waals surface area contributed by atoms with Crippen molar-refractivity contribution in [3.8, 4) is 11.5 Å². The van der Waals surface area contributed by atoms with Gasteiger partial charge in [0.1, 0.15) is 18.1 Å². The van der Waals surface area contributed by atoms with E-state index >= 15 is 0 Å². The Hall–Kier alpha value is -3.08. The molecule has 0 fully saturated rings. The molecule has 26 heavy (non-hydrogen) atoms. The summed E-state index contributed by atoms with van der Waals surface area (Å²) in [5.41, 5.74) is 2.63. The number of pyridine rings is 1. The van der Waals surface area contributed by atoms with Crippen molar-refractivity contribution >= 4 is 22.5 Å². The predicted octanol–water partition coefficient (Wildman–Crippen LogP) is 3.82. The minimum atomic E-state index is -0.244. The molecule has 1 N–H and O–H groups in total. The molecule has 0 radical (unpaired) electrons. The Bertz CT molecular complexity index is 950. The Labute approximate surface area is 152 Å². The first kappa shape index (κ1) is 16.4. The van der Waals surface area contributed by atoms with E-state index in [0.29, 0.717) is 19.6 Å². The van der Waals surface area contributed by atoms with Crippen molar-refractivity contribution in [1.82, 2.24) is 4.98 Å². The molecule has 1 amide bonds. The number of ether oxygens (including phenoxy) is 2. The largest absolute Gasteiger partial charge is 0.494 e. The minimum Gasteiger partial charge on any atom is -0.494 e. The van der Waals surface area contributed by atoms with E-state index in [1.54, 1.807) is 6.20 Å². The molecule has 2 heterocycles. The lowest BCUT2D eigenvalue weighted by Crippen LogP contribution is -2.32. The van der Waals surface area contributed by atoms with Crippen molar-refractivity contribution in [2.24, 2.45) is 5.92 Å². The van der Waals surface area contributed by atoms with Crippen molar-refractivity contribution in [1.29, 1.82) is 0 Å². The number of hydrogen-bond donors (Lipinski definition) is 1. The van der Waals surface area contributed by atoms with E-state index in [-0.39, 0.29) is 11.8 Å². The first-order chi connectivity index (χ1) is 12.7. The number of anilines is 1. The van der Waals surface area contributed by atoms with Crippen LogP contribution in [0, 0.1) is 5.92 Å². The fourth-order valence-electron chi connectivity index (χ4n) is 3.24. The van der Waals surface area contributed by atoms with E-state index in [1.165, 1.54) is 0 Å². The molecule has 0 bridgehead atoms. The Morgan fingerprint density at radius 2 is 2.19 bits per heavy atom. The second-order valence-electron chi connectivity index (χ2n) is 6.28. The number of fused-ring (bicyclic) bond motifs is 2. The maximum atomic E-state index is 12.8. The lowest BCUT2D eigenvalue weighted by Gasteiger charge is -2.25. The second-order valence-corrected chi connectivity index (χ2v) is 6.28. The summed E-state index contributed by atoms with van der Waals surface area (Å²) < 4.78 is 11.3. The van der Waals surface area contributed by atoms with Crippen LogP contribution in [0.4, 0.5) is 5.69 Å². The molecular weight excluding hydrogens is 328 g/mol. The van der Waals surface area contributed by atoms with E-state index < -0.39 is 0 Å². The van der Waals surface area contributed by atoms with Gasteiger partial charge in [0, 0.05) is 11.6 Å². The van der Waals surface area contributed by atoms with Crippen LogP contribution in [-0.2, 0) is 11.2 Å². The normalized spacial score (nSPS) is 15.8. The summed E-state index contributed by atoms with van der Waals surface area (Å²) in [6, 6.07) is 15.3. The molecule has 1 aromatic heterocycles. The van der Waals surface area contributed by atoms with Gasteiger partial charge in [-0.15, -0.1) is 0 Å². The first-order valence-electron chi connectivity index (χ1n) is 8.77. The molecule has 132 valence electrons. The number of amides is 1. The topological polar surface area (TPSA) is 60.5 Å². The van der Waals surface area contributed by atoms with Crippen LogP contribution in [-0.4, -0.2) is 24.1 Å². The third-order valence-electron chi connectivity index (χ3n) is 4.52. The third-order valence-corrected chi connectivity index (χ3v) is 4.52. The molecule has 0 aliphatic carbocycles. The van der Waals surface area contributed by atoms with Gasteiger partial charge in [0.05, 0.1) is 23.7 Å². The number of nitrogens with one attached hydrogen (secondary N) is 1. The molecule has 5 heteroatoms. The zero-order chi connectivity index (χ0) is 17.9. The lowest BCUT2D eigenvalue weighted by atomic mass is 9.95. The number of carbonyl (C=O) groups excluding carboxylic acids is 1. The number of aromatic nitrogens is 1. The van der Waals surface area contributed by atoms with Gasteiger partial charge >= 0.3 is 0 Å². The van der Waals surface area contributed by atoms with Crippen LogP contribution < -0.4 is 14.8 Å². The molecule has 0 saturated heterocycles. The fraction of sp³-hybridized carbons (Fsp3) is 0.238. The highest BCUT2D eigenvalue weighted by Crippen LogP contribution is 2.31. The van der Waals surface area contributed by atoms with E-state index in [2.05, 4.69) is 10.3 Å². The van der Waals surface area contributed by atoms with Crippen molar-refractivity contribution in [3.05, 3.63) is 60.3 Å². The number of hydrogen-bond acceptors (Lipinski definition) is 4. The van der Waals surface area contributed by atoms with Crippen LogP contribution in [0.1, 0.15) is 12.5 Å². The molecule has 5 nitrogen and oxygen atoms in total. The van der Waals surface area contributed by atoms with Crippen LogP contribution in [0.25, 0.3) is 10.9 Å². The molecular formula is C21H20N2O3. The summed E-state index contributed by atoms with van der Waals surface area (Å²) in [5.74, 6) is 1.34. The van der Waals surface area contributed by atoms with Gasteiger partial charge in [0.2, 0.25) is 5.91 Å². The van der Waals surface area contributed by atoms with E-state index in [4.69, 9.17) is 9.47 Å². The molecule has 3 aromatic rings. The number of benzene rings is 2. The SMILES string of the molecule is CCOc1ccc2c(c1)CC(C(=O)Nc1cccc3ncccc13)CO2. The van der Waals surface area contributed by atoms with Crippen LogP contribution in [0.2, 0.25) is 0 Å². The van der Waals surface area contributed by atoms with Gasteiger partial charge in [0.15, 0.2) is 0 Å². The van der Waals surface area contributed by atoms with Crippen LogP contribution in [0.3, 0.4) is 0 Å². The minimum absolute atomic E-state index is 0.0474. The van der Waals surface area contributed by atoms with Crippen molar-refractivity contribution in [2.75, 3.05) is 18.5 Å². The second kappa shape index (κ2) is 7.04. The van der Waals surface area contributed by atoms with E-state index in [1.807, 2.05) is 55.5 Å². The summed E-state index contributed by atoms with van der Waals surface area (Å²) in [4.78, 5) is 17.1. The van der Waals surface area contributed by atoms with Crippen molar-refractivity contribution in [2.45, 2.75) is 13.3 Å². The fourth-order valence-corrected chi connectivity index (χ4v) is 3.24. The van der Waals surface area contributed by atoms with E-state index in [9.17, 15) is 4.79 Å². The van der Waals surface area contributed by atoms with Crippen LogP contribution >= 0.6 is 0 Å². The van der Waals surface area contributed by atoms with Gasteiger partial charge < -0.3 is 14.8 Å². The number of rotatable bonds is 4. The highest BCUT2D eigenvalue weighted by Gasteiger charge is 2.26. The maximum Gasteiger partial charge on any atom is 0.231 e. The molecule has 0 spiro atoms. The Morgan fingerprint density at radius 3 is 3.08 bits per heavy atom. The molecule has 0 saturated carbocycles. The molecule has 4 rings (SSSR count). The summed E-state index contributed by atoms with van der Waals surface area (Å²) >= 11 is 0. The Balaban J connectivity index is 1.53. The number of nitrogens with zero attached hydrogens (tertiary/aromatic N) is 1. The zero-order valence-corrected chi connectivity index (χ0v) is 14.6. The number of carbonyl (C=O) groups is 1. The third kappa shape index (κ3) is 3.20. The van der Waals surface area contributed by atoms with Gasteiger partial charge in [-0.3, -0.25) is 9.78 Å². The predicted molar refractivity (Wildman–Crippen MR) is 101 cm³/mol.